The number of benzene rings is 1. The molecule has 19 heavy (non-hydrogen) atoms. The van der Waals surface area contributed by atoms with Gasteiger partial charge in [0.2, 0.25) is 0 Å². The van der Waals surface area contributed by atoms with Gasteiger partial charge < -0.3 is 19.0 Å². The number of hydrogen-bond acceptors (Lipinski definition) is 5. The molecule has 2 unspecified atom stereocenters. The maximum Gasteiger partial charge on any atom is 0.316 e. The average Bonchev–Trinajstić information content (AvgIpc) is 2.44. The molecule has 0 saturated heterocycles. The third-order valence-electron chi connectivity index (χ3n) is 2.84. The fraction of sp³-hybridized carbons (Fsp3) is 0.429. The number of ether oxygens (including phenoxy) is 3. The van der Waals surface area contributed by atoms with E-state index in [-0.39, 0.29) is 19.1 Å². The lowest BCUT2D eigenvalue weighted by molar-refractivity contribution is -0.150. The number of fused-ring (bicyclic) bond motifs is 1. The summed E-state index contributed by atoms with van der Waals surface area (Å²) in [7, 11) is 0. The Kier molecular flexibility index (Phi) is 4.39. The zero-order valence-corrected chi connectivity index (χ0v) is 10.7. The Balaban J connectivity index is 1.97. The SMILES string of the molecule is CCOC(=O)C(C=O)CC1COc2ccccc2O1. The Hall–Kier alpha value is -2.04. The molecule has 1 aliphatic heterocycles. The molecule has 1 aromatic rings. The standard InChI is InChI=1S/C14H16O5/c1-2-17-14(16)10(8-15)7-11-9-18-12-5-3-4-6-13(12)19-11/h3-6,8,10-11H,2,7,9H2,1H3. The molecule has 2 rings (SSSR count). The summed E-state index contributed by atoms with van der Waals surface area (Å²) in [5.41, 5.74) is 0. The van der Waals surface area contributed by atoms with Gasteiger partial charge in [0.1, 0.15) is 24.9 Å². The van der Waals surface area contributed by atoms with E-state index in [4.69, 9.17) is 14.2 Å². The maximum absolute atomic E-state index is 11.5. The van der Waals surface area contributed by atoms with E-state index in [2.05, 4.69) is 0 Å². The van der Waals surface area contributed by atoms with Crippen molar-refractivity contribution in [2.75, 3.05) is 13.2 Å². The van der Waals surface area contributed by atoms with E-state index in [0.717, 1.165) is 0 Å². The molecular formula is C14H16O5. The van der Waals surface area contributed by atoms with Crippen molar-refractivity contribution in [2.24, 2.45) is 5.92 Å². The van der Waals surface area contributed by atoms with Crippen LogP contribution in [0.5, 0.6) is 11.5 Å². The van der Waals surface area contributed by atoms with E-state index in [9.17, 15) is 9.59 Å². The molecule has 1 heterocycles. The minimum absolute atomic E-state index is 0.258. The van der Waals surface area contributed by atoms with Gasteiger partial charge in [-0.3, -0.25) is 4.79 Å². The van der Waals surface area contributed by atoms with Crippen LogP contribution in [0.15, 0.2) is 24.3 Å². The second-order valence-corrected chi connectivity index (χ2v) is 4.23. The summed E-state index contributed by atoms with van der Waals surface area (Å²) in [4.78, 5) is 22.5. The van der Waals surface area contributed by atoms with Crippen LogP contribution < -0.4 is 9.47 Å². The summed E-state index contributed by atoms with van der Waals surface area (Å²) in [6.07, 6.45) is 0.535. The summed E-state index contributed by atoms with van der Waals surface area (Å²) in [6, 6.07) is 7.30. The van der Waals surface area contributed by atoms with E-state index in [0.29, 0.717) is 24.4 Å². The smallest absolute Gasteiger partial charge is 0.316 e. The van der Waals surface area contributed by atoms with Crippen molar-refractivity contribution < 1.29 is 23.8 Å². The quantitative estimate of drug-likeness (QED) is 0.459. The summed E-state index contributed by atoms with van der Waals surface area (Å²) in [5.74, 6) is -0.0106. The minimum atomic E-state index is -0.807. The monoisotopic (exact) mass is 264 g/mol. The Labute approximate surface area is 111 Å². The first kappa shape index (κ1) is 13.4. The van der Waals surface area contributed by atoms with Crippen LogP contribution >= 0.6 is 0 Å². The third kappa shape index (κ3) is 3.24. The highest BCUT2D eigenvalue weighted by Crippen LogP contribution is 2.32. The predicted molar refractivity (Wildman–Crippen MR) is 67.2 cm³/mol. The van der Waals surface area contributed by atoms with Crippen molar-refractivity contribution in [2.45, 2.75) is 19.4 Å². The summed E-state index contributed by atoms with van der Waals surface area (Å²) >= 11 is 0. The van der Waals surface area contributed by atoms with Gasteiger partial charge in [-0.1, -0.05) is 12.1 Å². The van der Waals surface area contributed by atoms with Gasteiger partial charge in [0.25, 0.3) is 0 Å². The van der Waals surface area contributed by atoms with Crippen LogP contribution in [0.3, 0.4) is 0 Å². The molecule has 0 spiro atoms. The lowest BCUT2D eigenvalue weighted by Gasteiger charge is -2.27. The van der Waals surface area contributed by atoms with Crippen molar-refractivity contribution in [3.8, 4) is 11.5 Å². The van der Waals surface area contributed by atoms with E-state index >= 15 is 0 Å². The van der Waals surface area contributed by atoms with Gasteiger partial charge in [0, 0.05) is 6.42 Å². The zero-order chi connectivity index (χ0) is 13.7. The number of esters is 1. The van der Waals surface area contributed by atoms with Gasteiger partial charge in [-0.05, 0) is 19.1 Å². The van der Waals surface area contributed by atoms with Crippen LogP contribution in [-0.4, -0.2) is 31.6 Å². The lowest BCUT2D eigenvalue weighted by Crippen LogP contribution is -2.34. The summed E-state index contributed by atoms with van der Waals surface area (Å²) in [6.45, 7) is 2.28. The third-order valence-corrected chi connectivity index (χ3v) is 2.84. The van der Waals surface area contributed by atoms with Crippen molar-refractivity contribution in [1.82, 2.24) is 0 Å². The number of aldehydes is 1. The van der Waals surface area contributed by atoms with Crippen molar-refractivity contribution in [3.05, 3.63) is 24.3 Å². The van der Waals surface area contributed by atoms with Crippen LogP contribution in [0.4, 0.5) is 0 Å². The molecule has 1 aromatic carbocycles. The summed E-state index contributed by atoms with van der Waals surface area (Å²) in [5, 5.41) is 0. The van der Waals surface area contributed by atoms with E-state index < -0.39 is 11.9 Å². The molecule has 0 saturated carbocycles. The fourth-order valence-corrected chi connectivity index (χ4v) is 1.92. The fourth-order valence-electron chi connectivity index (χ4n) is 1.92. The van der Waals surface area contributed by atoms with Crippen LogP contribution in [-0.2, 0) is 14.3 Å². The first-order chi connectivity index (χ1) is 9.24. The highest BCUT2D eigenvalue weighted by Gasteiger charge is 2.28. The molecule has 0 aliphatic carbocycles. The molecule has 2 atom stereocenters. The molecule has 0 fully saturated rings. The van der Waals surface area contributed by atoms with Gasteiger partial charge in [-0.2, -0.15) is 0 Å². The van der Waals surface area contributed by atoms with Crippen LogP contribution in [0.2, 0.25) is 0 Å². The molecule has 0 amide bonds. The van der Waals surface area contributed by atoms with E-state index in [1.165, 1.54) is 0 Å². The maximum atomic E-state index is 11.5. The molecule has 0 aromatic heterocycles. The Bertz CT molecular complexity index is 457. The highest BCUT2D eigenvalue weighted by molar-refractivity contribution is 5.87. The van der Waals surface area contributed by atoms with Crippen molar-refractivity contribution in [3.63, 3.8) is 0 Å². The van der Waals surface area contributed by atoms with Gasteiger partial charge in [-0.15, -0.1) is 0 Å². The van der Waals surface area contributed by atoms with Gasteiger partial charge in [-0.25, -0.2) is 0 Å². The Morgan fingerprint density at radius 2 is 2.21 bits per heavy atom. The van der Waals surface area contributed by atoms with Gasteiger partial charge >= 0.3 is 5.97 Å². The zero-order valence-electron chi connectivity index (χ0n) is 10.7. The first-order valence-electron chi connectivity index (χ1n) is 6.25. The molecule has 0 radical (unpaired) electrons. The number of carbonyl (C=O) groups is 2. The van der Waals surface area contributed by atoms with Crippen molar-refractivity contribution in [1.29, 1.82) is 0 Å². The molecule has 1 aliphatic rings. The number of rotatable bonds is 5. The van der Waals surface area contributed by atoms with E-state index in [1.807, 2.05) is 18.2 Å². The van der Waals surface area contributed by atoms with Crippen molar-refractivity contribution >= 4 is 12.3 Å². The van der Waals surface area contributed by atoms with Crippen LogP contribution in [0, 0.1) is 5.92 Å². The Morgan fingerprint density at radius 1 is 1.47 bits per heavy atom. The molecule has 0 bridgehead atoms. The second kappa shape index (κ2) is 6.22. The molecule has 0 N–H and O–H groups in total. The normalized spacial score (nSPS) is 18.5. The molecular weight excluding hydrogens is 248 g/mol. The molecule has 5 heteroatoms. The molecule has 5 nitrogen and oxygen atoms in total. The highest BCUT2D eigenvalue weighted by atomic mass is 16.6. The molecule has 102 valence electrons. The lowest BCUT2D eigenvalue weighted by atomic mass is 10.0. The van der Waals surface area contributed by atoms with Crippen LogP contribution in [0.1, 0.15) is 13.3 Å². The predicted octanol–water partition coefficient (Wildman–Crippen LogP) is 1.59. The van der Waals surface area contributed by atoms with Gasteiger partial charge in [0.05, 0.1) is 6.61 Å². The Morgan fingerprint density at radius 3 is 2.89 bits per heavy atom. The number of carbonyl (C=O) groups excluding carboxylic acids is 2. The van der Waals surface area contributed by atoms with Gasteiger partial charge in [0.15, 0.2) is 11.5 Å². The number of hydrogen-bond donors (Lipinski definition) is 0. The summed E-state index contributed by atoms with van der Waals surface area (Å²) < 4.78 is 16.1. The first-order valence-corrected chi connectivity index (χ1v) is 6.25. The van der Waals surface area contributed by atoms with Crippen LogP contribution in [0.25, 0.3) is 0 Å². The second-order valence-electron chi connectivity index (χ2n) is 4.23. The minimum Gasteiger partial charge on any atom is -0.486 e. The average molecular weight is 264 g/mol. The topological polar surface area (TPSA) is 61.8 Å². The van der Waals surface area contributed by atoms with E-state index in [1.54, 1.807) is 13.0 Å². The number of para-hydroxylation sites is 2. The largest absolute Gasteiger partial charge is 0.486 e.